The zero-order valence-electron chi connectivity index (χ0n) is 25.0. The number of nitrogens with one attached hydrogen (secondary N) is 1. The predicted octanol–water partition coefficient (Wildman–Crippen LogP) is 3.71. The van der Waals surface area contributed by atoms with Crippen LogP contribution in [0.1, 0.15) is 45.1 Å². The number of hydrogen-bond acceptors (Lipinski definition) is 6. The number of nitrogens with zero attached hydrogens (tertiary/aromatic N) is 1. The summed E-state index contributed by atoms with van der Waals surface area (Å²) in [7, 11) is -0.409. The summed E-state index contributed by atoms with van der Waals surface area (Å²) in [6, 6.07) is 16.0. The van der Waals surface area contributed by atoms with E-state index in [1.54, 1.807) is 7.11 Å². The largest absolute Gasteiger partial charge is 0.497 e. The first kappa shape index (κ1) is 31.2. The van der Waals surface area contributed by atoms with E-state index < -0.39 is 20.1 Å². The van der Waals surface area contributed by atoms with Gasteiger partial charge in [0.2, 0.25) is 5.91 Å². The molecule has 2 aromatic rings. The number of benzene rings is 2. The number of methoxy groups -OCH3 is 1. The van der Waals surface area contributed by atoms with Gasteiger partial charge in [-0.25, -0.2) is 0 Å². The van der Waals surface area contributed by atoms with Crippen molar-refractivity contribution in [3.05, 3.63) is 54.1 Å². The van der Waals surface area contributed by atoms with Crippen LogP contribution >= 0.6 is 0 Å². The molecule has 2 fully saturated rings. The lowest BCUT2D eigenvalue weighted by Gasteiger charge is -2.36. The first-order chi connectivity index (χ1) is 19.5. The number of carbonyl (C=O) groups excluding carboxylic acids is 2. The monoisotopic (exact) mass is 582 g/mol. The normalized spacial score (nSPS) is 25.2. The van der Waals surface area contributed by atoms with Crippen LogP contribution in [0.25, 0.3) is 0 Å². The molecule has 41 heavy (non-hydrogen) atoms. The van der Waals surface area contributed by atoms with E-state index in [-0.39, 0.29) is 42.2 Å². The number of carbonyl (C=O) groups is 2. The van der Waals surface area contributed by atoms with Gasteiger partial charge in [0.15, 0.2) is 0 Å². The van der Waals surface area contributed by atoms with Crippen LogP contribution in [0.15, 0.2) is 48.5 Å². The molecule has 2 aliphatic heterocycles. The van der Waals surface area contributed by atoms with Crippen LogP contribution in [0.4, 0.5) is 5.69 Å². The molecular weight excluding hydrogens is 536 g/mol. The van der Waals surface area contributed by atoms with Gasteiger partial charge in [0.1, 0.15) is 11.9 Å². The van der Waals surface area contributed by atoms with E-state index in [1.807, 2.05) is 41.3 Å². The number of aliphatic hydroxyl groups is 2. The third-order valence-corrected chi connectivity index (χ3v) is 13.6. The summed E-state index contributed by atoms with van der Waals surface area (Å²) >= 11 is 0. The van der Waals surface area contributed by atoms with Crippen LogP contribution < -0.4 is 15.2 Å². The summed E-state index contributed by atoms with van der Waals surface area (Å²) in [4.78, 5) is 27.1. The lowest BCUT2D eigenvalue weighted by Crippen LogP contribution is -2.51. The van der Waals surface area contributed by atoms with Gasteiger partial charge < -0.3 is 29.9 Å². The third-order valence-electron chi connectivity index (χ3n) is 9.17. The topological polar surface area (TPSA) is 108 Å². The third kappa shape index (κ3) is 7.20. The van der Waals surface area contributed by atoms with Gasteiger partial charge in [0.25, 0.3) is 5.91 Å². The van der Waals surface area contributed by atoms with Gasteiger partial charge in [-0.05, 0) is 73.9 Å². The van der Waals surface area contributed by atoms with Crippen molar-refractivity contribution in [3.63, 3.8) is 0 Å². The molecule has 224 valence electrons. The number of aryl methyl sites for hydroxylation is 1. The number of aliphatic hydroxyl groups excluding tert-OH is 2. The van der Waals surface area contributed by atoms with E-state index in [1.165, 1.54) is 12.1 Å². The number of ether oxygens (including phenoxy) is 2. The quantitative estimate of drug-likeness (QED) is 0.349. The second-order valence-electron chi connectivity index (χ2n) is 12.2. The van der Waals surface area contributed by atoms with Crippen LogP contribution in [0.3, 0.4) is 0 Å². The van der Waals surface area contributed by atoms with Crippen molar-refractivity contribution >= 4 is 30.8 Å². The zero-order chi connectivity index (χ0) is 29.7. The molecule has 2 saturated heterocycles. The fourth-order valence-electron chi connectivity index (χ4n) is 6.80. The molecule has 2 amide bonds. The van der Waals surface area contributed by atoms with Gasteiger partial charge >= 0.3 is 0 Å². The van der Waals surface area contributed by atoms with Crippen molar-refractivity contribution in [1.29, 1.82) is 0 Å². The lowest BCUT2D eigenvalue weighted by atomic mass is 9.95. The molecule has 0 saturated carbocycles. The Morgan fingerprint density at radius 1 is 1.12 bits per heavy atom. The van der Waals surface area contributed by atoms with Gasteiger partial charge in [-0.3, -0.25) is 9.59 Å². The Morgan fingerprint density at radius 3 is 2.41 bits per heavy atom. The Kier molecular flexibility index (Phi) is 10.3. The Balaban J connectivity index is 1.50. The van der Waals surface area contributed by atoms with E-state index in [0.29, 0.717) is 18.7 Å². The maximum Gasteiger partial charge on any atom is 0.252 e. The second-order valence-corrected chi connectivity index (χ2v) is 16.9. The lowest BCUT2D eigenvalue weighted by molar-refractivity contribution is -0.135. The zero-order valence-corrected chi connectivity index (χ0v) is 26.0. The van der Waals surface area contributed by atoms with Crippen LogP contribution in [-0.2, 0) is 20.7 Å². The summed E-state index contributed by atoms with van der Waals surface area (Å²) < 4.78 is 12.2. The molecule has 0 aliphatic carbocycles. The van der Waals surface area contributed by atoms with Crippen molar-refractivity contribution in [2.75, 3.05) is 25.6 Å². The molecule has 0 bridgehead atoms. The Bertz CT molecular complexity index is 1170. The van der Waals surface area contributed by atoms with Crippen molar-refractivity contribution in [2.45, 2.75) is 88.9 Å². The average Bonchev–Trinajstić information content (AvgIpc) is 3.57. The number of rotatable bonds is 11. The van der Waals surface area contributed by atoms with Crippen LogP contribution in [0.5, 0.6) is 5.75 Å². The molecule has 2 heterocycles. The first-order valence-electron chi connectivity index (χ1n) is 14.8. The molecule has 0 aromatic heterocycles. The van der Waals surface area contributed by atoms with E-state index in [4.69, 9.17) is 9.47 Å². The Labute approximate surface area is 245 Å². The van der Waals surface area contributed by atoms with Gasteiger partial charge in [0.05, 0.1) is 46.5 Å². The molecule has 9 heteroatoms. The molecular formula is C32H46N2O6Si. The fourth-order valence-corrected chi connectivity index (χ4v) is 10.9. The Morgan fingerprint density at radius 2 is 1.80 bits per heavy atom. The molecule has 6 atom stereocenters. The number of likely N-dealkylation sites (tertiary alicyclic amines) is 1. The van der Waals surface area contributed by atoms with Crippen LogP contribution in [-0.4, -0.2) is 79.6 Å². The van der Waals surface area contributed by atoms with E-state index in [2.05, 4.69) is 37.5 Å². The molecule has 3 N–H and O–H groups in total. The van der Waals surface area contributed by atoms with Gasteiger partial charge in [0, 0.05) is 12.2 Å². The highest BCUT2D eigenvalue weighted by Gasteiger charge is 2.51. The SMILES string of the molecule is COc1ccc([Si](C)(C)[C@H]2[C@H](C)[C@H](CCc3ccc(NC(=O)[C@H](C)O)cc3)O[C@@H]2CC(=O)N2CCC[C@H]2CO)cc1. The predicted molar refractivity (Wildman–Crippen MR) is 163 cm³/mol. The van der Waals surface area contributed by atoms with Gasteiger partial charge in [-0.15, -0.1) is 0 Å². The molecule has 0 unspecified atom stereocenters. The standard InChI is InChI=1S/C32H46N2O6Si/c1-21-28(17-10-23-8-11-24(12-9-23)33-32(38)22(2)36)40-29(19-30(37)34-18-6-7-25(34)20-35)31(21)41(4,5)27-15-13-26(39-3)14-16-27/h8-9,11-16,21-22,25,28-29,31,35-36H,6-7,10,17-20H2,1-5H3,(H,33,38)/t21-,22+,25+,28+,29-,31+/m1/s1. The van der Waals surface area contributed by atoms with E-state index >= 15 is 0 Å². The Hall–Kier alpha value is -2.72. The van der Waals surface area contributed by atoms with Crippen LogP contribution in [0, 0.1) is 5.92 Å². The summed E-state index contributed by atoms with van der Waals surface area (Å²) in [6.07, 6.45) is 2.55. The maximum atomic E-state index is 13.5. The molecule has 0 radical (unpaired) electrons. The maximum absolute atomic E-state index is 13.5. The highest BCUT2D eigenvalue weighted by atomic mass is 28.3. The summed E-state index contributed by atoms with van der Waals surface area (Å²) in [5, 5.41) is 23.3. The minimum atomic E-state index is -2.08. The molecule has 2 aliphatic rings. The highest BCUT2D eigenvalue weighted by Crippen LogP contribution is 2.46. The number of hydrogen-bond donors (Lipinski definition) is 3. The smallest absolute Gasteiger partial charge is 0.252 e. The number of amides is 2. The van der Waals surface area contributed by atoms with Crippen molar-refractivity contribution in [1.82, 2.24) is 4.90 Å². The number of anilines is 1. The van der Waals surface area contributed by atoms with Crippen LogP contribution in [0.2, 0.25) is 18.6 Å². The minimum absolute atomic E-state index is 0.00725. The second kappa shape index (κ2) is 13.5. The minimum Gasteiger partial charge on any atom is -0.497 e. The van der Waals surface area contributed by atoms with Gasteiger partial charge in [-0.2, -0.15) is 0 Å². The molecule has 0 spiro atoms. The summed E-state index contributed by atoms with van der Waals surface area (Å²) in [6.45, 7) is 9.19. The van der Waals surface area contributed by atoms with Crippen molar-refractivity contribution < 1.29 is 29.3 Å². The molecule has 4 rings (SSSR count). The molecule has 8 nitrogen and oxygen atoms in total. The average molecular weight is 583 g/mol. The van der Waals surface area contributed by atoms with Crippen molar-refractivity contribution in [2.24, 2.45) is 5.92 Å². The van der Waals surface area contributed by atoms with Gasteiger partial charge in [-0.1, -0.05) is 49.5 Å². The molecule has 2 aromatic carbocycles. The van der Waals surface area contributed by atoms with E-state index in [0.717, 1.165) is 37.0 Å². The van der Waals surface area contributed by atoms with Crippen molar-refractivity contribution in [3.8, 4) is 5.75 Å². The highest BCUT2D eigenvalue weighted by molar-refractivity contribution is 6.91. The van der Waals surface area contributed by atoms with E-state index in [9.17, 15) is 19.8 Å². The fraction of sp³-hybridized carbons (Fsp3) is 0.562. The summed E-state index contributed by atoms with van der Waals surface area (Å²) in [5.74, 6) is 0.756. The summed E-state index contributed by atoms with van der Waals surface area (Å²) in [5.41, 5.74) is 2.04. The first-order valence-corrected chi connectivity index (χ1v) is 17.9.